The van der Waals surface area contributed by atoms with E-state index in [4.69, 9.17) is 0 Å². The maximum atomic E-state index is 2.00. The fourth-order valence-corrected chi connectivity index (χ4v) is 0. The molecule has 5 heavy (non-hydrogen) atoms. The third kappa shape index (κ3) is 2260. The summed E-state index contributed by atoms with van der Waals surface area (Å²) in [5.41, 5.74) is 0. The quantitative estimate of drug-likeness (QED) is 0.407. The predicted octanol–water partition coefficient (Wildman–Crippen LogP) is 0.001000. The zero-order valence-electron chi connectivity index (χ0n) is 3.89. The first-order chi connectivity index (χ1) is 1.73. The fraction of sp³-hybridized carbons (Fsp3) is 1.00. The van der Waals surface area contributed by atoms with Crippen molar-refractivity contribution in [2.24, 2.45) is 0 Å². The zero-order valence-corrected chi connectivity index (χ0v) is 3.89. The number of hydrogen-bond donors (Lipinski definition) is 0. The summed E-state index contributed by atoms with van der Waals surface area (Å²) in [5, 5.41) is 0. The second-order valence-corrected chi connectivity index (χ2v) is 1.34. The molecule has 0 saturated heterocycles. The standard InChI is InChI=1S/C3H9N.H2O/c1-4(2)3;/h1-3H3;1H2/p-1. The van der Waals surface area contributed by atoms with E-state index in [0.29, 0.717) is 0 Å². The SMILES string of the molecule is CN(C)C.[OH-]. The van der Waals surface area contributed by atoms with Crippen LogP contribution in [0.4, 0.5) is 0 Å². The molecule has 0 radical (unpaired) electrons. The van der Waals surface area contributed by atoms with Gasteiger partial charge in [0.2, 0.25) is 0 Å². The zero-order chi connectivity index (χ0) is 3.58. The Morgan fingerprint density at radius 2 is 1.00 bits per heavy atom. The summed E-state index contributed by atoms with van der Waals surface area (Å²) in [4.78, 5) is 2.00. The van der Waals surface area contributed by atoms with Crippen LogP contribution in [-0.2, 0) is 0 Å². The first-order valence-corrected chi connectivity index (χ1v) is 1.34. The van der Waals surface area contributed by atoms with Crippen molar-refractivity contribution in [3.63, 3.8) is 0 Å². The Balaban J connectivity index is 0. The second kappa shape index (κ2) is 3.92. The summed E-state index contributed by atoms with van der Waals surface area (Å²) in [7, 11) is 6.00. The molecule has 0 aliphatic carbocycles. The molecule has 0 aliphatic rings. The molecule has 0 amide bonds. The number of nitrogens with zero attached hydrogens (tertiary/aromatic N) is 1. The van der Waals surface area contributed by atoms with Crippen LogP contribution in [0.5, 0.6) is 0 Å². The van der Waals surface area contributed by atoms with Crippen LogP contribution in [0.1, 0.15) is 0 Å². The minimum atomic E-state index is 0. The Morgan fingerprint density at radius 1 is 1.00 bits per heavy atom. The highest BCUT2D eigenvalue weighted by Gasteiger charge is 1.58. The van der Waals surface area contributed by atoms with Crippen LogP contribution < -0.4 is 0 Å². The van der Waals surface area contributed by atoms with Crippen molar-refractivity contribution in [3.05, 3.63) is 0 Å². The average Bonchev–Trinajstić information content (AvgIpc) is 0.811. The topological polar surface area (TPSA) is 33.2 Å². The van der Waals surface area contributed by atoms with Gasteiger partial charge >= 0.3 is 0 Å². The van der Waals surface area contributed by atoms with Gasteiger partial charge in [-0.1, -0.05) is 0 Å². The third-order valence-electron chi connectivity index (χ3n) is 0. The molecule has 0 atom stereocenters. The van der Waals surface area contributed by atoms with E-state index in [2.05, 4.69) is 0 Å². The van der Waals surface area contributed by atoms with Crippen LogP contribution in [0, 0.1) is 0 Å². The largest absolute Gasteiger partial charge is 0.870 e. The van der Waals surface area contributed by atoms with Gasteiger partial charge in [0.25, 0.3) is 0 Å². The van der Waals surface area contributed by atoms with Crippen molar-refractivity contribution in [1.82, 2.24) is 4.90 Å². The van der Waals surface area contributed by atoms with Gasteiger partial charge in [-0.2, -0.15) is 0 Å². The highest BCUT2D eigenvalue weighted by atomic mass is 16.0. The molecule has 0 aliphatic heterocycles. The molecule has 34 valence electrons. The van der Waals surface area contributed by atoms with Crippen LogP contribution in [0.3, 0.4) is 0 Å². The summed E-state index contributed by atoms with van der Waals surface area (Å²) in [6, 6.07) is 0. The molecule has 1 N–H and O–H groups in total. The van der Waals surface area contributed by atoms with Crippen molar-refractivity contribution in [3.8, 4) is 0 Å². The van der Waals surface area contributed by atoms with E-state index >= 15 is 0 Å². The van der Waals surface area contributed by atoms with E-state index in [-0.39, 0.29) is 5.48 Å². The van der Waals surface area contributed by atoms with Gasteiger partial charge in [-0.05, 0) is 21.1 Å². The Labute approximate surface area is 32.7 Å². The highest BCUT2D eigenvalue weighted by molar-refractivity contribution is 4.09. The van der Waals surface area contributed by atoms with Gasteiger partial charge in [-0.25, -0.2) is 0 Å². The molecule has 0 aromatic carbocycles. The third-order valence-corrected chi connectivity index (χ3v) is 0. The lowest BCUT2D eigenvalue weighted by Crippen LogP contribution is -1.99. The molecule has 0 aromatic rings. The van der Waals surface area contributed by atoms with Crippen LogP contribution in [0.2, 0.25) is 0 Å². The molecule has 0 spiro atoms. The average molecular weight is 76.1 g/mol. The molecular weight excluding hydrogens is 66.0 g/mol. The first-order valence-electron chi connectivity index (χ1n) is 1.34. The molecule has 0 rings (SSSR count). The molecular formula is C3H10NO-. The van der Waals surface area contributed by atoms with Crippen LogP contribution in [0.25, 0.3) is 0 Å². The Hall–Kier alpha value is -0.0800. The maximum Gasteiger partial charge on any atom is -0.0140 e. The predicted molar refractivity (Wildman–Crippen MR) is 21.5 cm³/mol. The van der Waals surface area contributed by atoms with Gasteiger partial charge in [-0.15, -0.1) is 0 Å². The molecule has 0 unspecified atom stereocenters. The van der Waals surface area contributed by atoms with E-state index in [1.54, 1.807) is 0 Å². The molecule has 0 bridgehead atoms. The van der Waals surface area contributed by atoms with Gasteiger partial charge in [0.15, 0.2) is 0 Å². The summed E-state index contributed by atoms with van der Waals surface area (Å²) < 4.78 is 0. The van der Waals surface area contributed by atoms with Crippen LogP contribution in [0.15, 0.2) is 0 Å². The molecule has 0 aromatic heterocycles. The smallest absolute Gasteiger partial charge is 0.0140 e. The Morgan fingerprint density at radius 3 is 1.00 bits per heavy atom. The Kier molecular flexibility index (Phi) is 6.95. The summed E-state index contributed by atoms with van der Waals surface area (Å²) >= 11 is 0. The minimum Gasteiger partial charge on any atom is -0.870 e. The van der Waals surface area contributed by atoms with Gasteiger partial charge in [-0.3, -0.25) is 0 Å². The summed E-state index contributed by atoms with van der Waals surface area (Å²) in [6.07, 6.45) is 0. The minimum absolute atomic E-state index is 0. The fourth-order valence-electron chi connectivity index (χ4n) is 0. The van der Waals surface area contributed by atoms with Crippen molar-refractivity contribution >= 4 is 0 Å². The highest BCUT2D eigenvalue weighted by Crippen LogP contribution is 1.47. The molecule has 2 heteroatoms. The summed E-state index contributed by atoms with van der Waals surface area (Å²) in [5.74, 6) is 0. The Bertz CT molecular complexity index is 11.6. The van der Waals surface area contributed by atoms with Gasteiger partial charge in [0.1, 0.15) is 0 Å². The van der Waals surface area contributed by atoms with E-state index in [1.165, 1.54) is 0 Å². The van der Waals surface area contributed by atoms with Crippen LogP contribution >= 0.6 is 0 Å². The van der Waals surface area contributed by atoms with Crippen molar-refractivity contribution < 1.29 is 5.48 Å². The normalized spacial score (nSPS) is 7.20. The maximum absolute atomic E-state index is 2.00. The van der Waals surface area contributed by atoms with Gasteiger partial charge in [0, 0.05) is 0 Å². The van der Waals surface area contributed by atoms with E-state index in [9.17, 15) is 0 Å². The number of hydrogen-bond acceptors (Lipinski definition) is 2. The molecule has 0 heterocycles. The van der Waals surface area contributed by atoms with E-state index in [0.717, 1.165) is 0 Å². The molecule has 0 saturated carbocycles. The monoisotopic (exact) mass is 76.1 g/mol. The molecule has 0 fully saturated rings. The second-order valence-electron chi connectivity index (χ2n) is 1.34. The lowest BCUT2D eigenvalue weighted by molar-refractivity contribution is 0.505. The van der Waals surface area contributed by atoms with E-state index < -0.39 is 0 Å². The van der Waals surface area contributed by atoms with Gasteiger partial charge in [0.05, 0.1) is 0 Å². The van der Waals surface area contributed by atoms with E-state index in [1.807, 2.05) is 26.0 Å². The number of rotatable bonds is 0. The first kappa shape index (κ1) is 8.87. The van der Waals surface area contributed by atoms with Gasteiger partial charge < -0.3 is 10.4 Å². The van der Waals surface area contributed by atoms with Crippen LogP contribution in [-0.4, -0.2) is 31.5 Å². The molecule has 2 nitrogen and oxygen atoms in total. The van der Waals surface area contributed by atoms with Crippen molar-refractivity contribution in [1.29, 1.82) is 0 Å². The lowest BCUT2D eigenvalue weighted by Gasteiger charge is -1.90. The van der Waals surface area contributed by atoms with Crippen molar-refractivity contribution in [2.45, 2.75) is 0 Å². The lowest BCUT2D eigenvalue weighted by atomic mass is 11.0. The summed E-state index contributed by atoms with van der Waals surface area (Å²) in [6.45, 7) is 0. The van der Waals surface area contributed by atoms with Crippen molar-refractivity contribution in [2.75, 3.05) is 21.1 Å².